The molecule has 0 aliphatic rings. The Morgan fingerprint density at radius 2 is 2.16 bits per heavy atom. The number of thioether (sulfide) groups is 1. The lowest BCUT2D eigenvalue weighted by molar-refractivity contribution is -0.0328. The van der Waals surface area contributed by atoms with E-state index in [2.05, 4.69) is 15.9 Å². The van der Waals surface area contributed by atoms with Crippen LogP contribution in [-0.2, 0) is 4.74 Å². The number of carbonyl (C=O) groups is 1. The Bertz CT molecular complexity index is 540. The van der Waals surface area contributed by atoms with Gasteiger partial charge in [-0.1, -0.05) is 0 Å². The molecule has 1 rings (SSSR count). The molecule has 0 bridgehead atoms. The van der Waals surface area contributed by atoms with E-state index in [9.17, 15) is 18.0 Å². The number of esters is 1. The quantitative estimate of drug-likeness (QED) is 0.606. The number of hydrogen-bond donors (Lipinski definition) is 0. The van der Waals surface area contributed by atoms with E-state index < -0.39 is 23.2 Å². The lowest BCUT2D eigenvalue weighted by atomic mass is 10.1. The van der Waals surface area contributed by atoms with Crippen LogP contribution in [0.5, 0.6) is 0 Å². The van der Waals surface area contributed by atoms with Crippen LogP contribution < -0.4 is 0 Å². The summed E-state index contributed by atoms with van der Waals surface area (Å²) in [6, 6.07) is 3.95. The molecule has 1 aromatic carbocycles. The number of hydrogen-bond acceptors (Lipinski definition) is 4. The zero-order chi connectivity index (χ0) is 14.6. The van der Waals surface area contributed by atoms with E-state index in [-0.39, 0.29) is 27.1 Å². The van der Waals surface area contributed by atoms with Gasteiger partial charge in [-0.15, -0.1) is 0 Å². The highest BCUT2D eigenvalue weighted by Crippen LogP contribution is 2.42. The number of benzene rings is 1. The molecule has 0 spiro atoms. The molecule has 0 saturated carbocycles. The van der Waals surface area contributed by atoms with Gasteiger partial charge in [0.1, 0.15) is 0 Å². The van der Waals surface area contributed by atoms with Crippen molar-refractivity contribution < 1.29 is 22.7 Å². The zero-order valence-corrected chi connectivity index (χ0v) is 11.9. The highest BCUT2D eigenvalue weighted by atomic mass is 79.9. The standard InChI is InChI=1S/C11H7BrF3NO2S/c1-2-18-10(17)7-3-6(5-16)4-8(9(7)12)19-11(13,14)15/h3-4H,2H2,1H3. The van der Waals surface area contributed by atoms with Gasteiger partial charge in [-0.2, -0.15) is 18.4 Å². The summed E-state index contributed by atoms with van der Waals surface area (Å²) in [5.74, 6) is -0.782. The minimum Gasteiger partial charge on any atom is -0.462 e. The van der Waals surface area contributed by atoms with Gasteiger partial charge >= 0.3 is 11.5 Å². The molecule has 0 aliphatic carbocycles. The van der Waals surface area contributed by atoms with Gasteiger partial charge in [-0.05, 0) is 46.7 Å². The summed E-state index contributed by atoms with van der Waals surface area (Å²) >= 11 is 2.54. The number of halogens is 4. The summed E-state index contributed by atoms with van der Waals surface area (Å²) in [5.41, 5.74) is -4.66. The van der Waals surface area contributed by atoms with Crippen molar-refractivity contribution in [2.45, 2.75) is 17.3 Å². The number of ether oxygens (including phenoxy) is 1. The largest absolute Gasteiger partial charge is 0.462 e. The van der Waals surface area contributed by atoms with Crippen molar-refractivity contribution in [1.82, 2.24) is 0 Å². The Balaban J connectivity index is 3.29. The normalized spacial score (nSPS) is 10.9. The molecule has 0 atom stereocenters. The first kappa shape index (κ1) is 15.9. The smallest absolute Gasteiger partial charge is 0.446 e. The third-order valence-corrected chi connectivity index (χ3v) is 3.78. The summed E-state index contributed by atoms with van der Waals surface area (Å²) in [6.45, 7) is 1.66. The van der Waals surface area contributed by atoms with Gasteiger partial charge in [-0.3, -0.25) is 0 Å². The van der Waals surface area contributed by atoms with Crippen molar-refractivity contribution in [3.63, 3.8) is 0 Å². The van der Waals surface area contributed by atoms with Gasteiger partial charge in [0.25, 0.3) is 0 Å². The monoisotopic (exact) mass is 353 g/mol. The Morgan fingerprint density at radius 3 is 2.63 bits per heavy atom. The molecule has 0 fully saturated rings. The van der Waals surface area contributed by atoms with E-state index in [1.165, 1.54) is 6.07 Å². The highest BCUT2D eigenvalue weighted by Gasteiger charge is 2.31. The number of nitriles is 1. The molecule has 0 N–H and O–H groups in total. The molecule has 3 nitrogen and oxygen atoms in total. The van der Waals surface area contributed by atoms with Gasteiger partial charge in [-0.25, -0.2) is 4.79 Å². The van der Waals surface area contributed by atoms with Gasteiger partial charge in [0.05, 0.1) is 23.8 Å². The fraction of sp³-hybridized carbons (Fsp3) is 0.273. The summed E-state index contributed by atoms with van der Waals surface area (Å²) in [7, 11) is 0. The van der Waals surface area contributed by atoms with Crippen LogP contribution in [0.15, 0.2) is 21.5 Å². The third kappa shape index (κ3) is 4.44. The van der Waals surface area contributed by atoms with Crippen molar-refractivity contribution >= 4 is 33.7 Å². The second kappa shape index (κ2) is 6.30. The van der Waals surface area contributed by atoms with E-state index >= 15 is 0 Å². The second-order valence-corrected chi connectivity index (χ2v) is 5.12. The lowest BCUT2D eigenvalue weighted by Gasteiger charge is -2.11. The minimum absolute atomic E-state index is 0.0349. The average molecular weight is 354 g/mol. The predicted octanol–water partition coefficient (Wildman–Crippen LogP) is 4.11. The fourth-order valence-corrected chi connectivity index (χ4v) is 2.49. The molecule has 1 aromatic rings. The maximum absolute atomic E-state index is 12.4. The molecular formula is C11H7BrF3NO2S. The lowest BCUT2D eigenvalue weighted by Crippen LogP contribution is -2.08. The predicted molar refractivity (Wildman–Crippen MR) is 66.7 cm³/mol. The molecule has 0 saturated heterocycles. The van der Waals surface area contributed by atoms with Crippen LogP contribution in [0.3, 0.4) is 0 Å². The molecule has 0 amide bonds. The minimum atomic E-state index is -4.51. The van der Waals surface area contributed by atoms with Crippen LogP contribution in [-0.4, -0.2) is 18.1 Å². The Morgan fingerprint density at radius 1 is 1.53 bits per heavy atom. The maximum Gasteiger partial charge on any atom is 0.446 e. The maximum atomic E-state index is 12.4. The van der Waals surface area contributed by atoms with Crippen LogP contribution in [0.1, 0.15) is 22.8 Å². The summed E-state index contributed by atoms with van der Waals surface area (Å²) in [6.07, 6.45) is 0. The van der Waals surface area contributed by atoms with Crippen molar-refractivity contribution in [1.29, 1.82) is 5.26 Å². The Hall–Kier alpha value is -1.20. The number of rotatable bonds is 3. The molecule has 0 radical (unpaired) electrons. The molecule has 102 valence electrons. The molecule has 0 heterocycles. The van der Waals surface area contributed by atoms with E-state index in [4.69, 9.17) is 10.00 Å². The van der Waals surface area contributed by atoms with Gasteiger partial charge in [0.15, 0.2) is 0 Å². The molecular weight excluding hydrogens is 347 g/mol. The van der Waals surface area contributed by atoms with Crippen molar-refractivity contribution in [3.8, 4) is 6.07 Å². The van der Waals surface area contributed by atoms with Crippen molar-refractivity contribution in [3.05, 3.63) is 27.7 Å². The number of carbonyl (C=O) groups excluding carboxylic acids is 1. The van der Waals surface area contributed by atoms with E-state index in [0.717, 1.165) is 6.07 Å². The van der Waals surface area contributed by atoms with Crippen molar-refractivity contribution in [2.24, 2.45) is 0 Å². The first-order chi connectivity index (χ1) is 8.78. The summed E-state index contributed by atoms with van der Waals surface area (Å²) in [4.78, 5) is 11.3. The summed E-state index contributed by atoms with van der Waals surface area (Å²) < 4.78 is 41.8. The molecule has 0 aromatic heterocycles. The second-order valence-electron chi connectivity index (χ2n) is 3.22. The van der Waals surface area contributed by atoms with E-state index in [0.29, 0.717) is 0 Å². The Labute approximate surface area is 119 Å². The fourth-order valence-electron chi connectivity index (χ4n) is 1.22. The van der Waals surface area contributed by atoms with E-state index in [1.54, 1.807) is 13.0 Å². The summed E-state index contributed by atoms with van der Waals surface area (Å²) in [5, 5.41) is 8.78. The van der Waals surface area contributed by atoms with Crippen LogP contribution in [0, 0.1) is 11.3 Å². The first-order valence-corrected chi connectivity index (χ1v) is 6.56. The van der Waals surface area contributed by atoms with Gasteiger partial charge in [0, 0.05) is 9.37 Å². The number of alkyl halides is 3. The van der Waals surface area contributed by atoms with Gasteiger partial charge < -0.3 is 4.74 Å². The van der Waals surface area contributed by atoms with Gasteiger partial charge in [0.2, 0.25) is 0 Å². The zero-order valence-electron chi connectivity index (χ0n) is 9.55. The Kier molecular flexibility index (Phi) is 5.26. The molecule has 19 heavy (non-hydrogen) atoms. The van der Waals surface area contributed by atoms with Crippen molar-refractivity contribution in [2.75, 3.05) is 6.61 Å². The SMILES string of the molecule is CCOC(=O)c1cc(C#N)cc(SC(F)(F)F)c1Br. The topological polar surface area (TPSA) is 50.1 Å². The highest BCUT2D eigenvalue weighted by molar-refractivity contribution is 9.10. The number of nitrogens with zero attached hydrogens (tertiary/aromatic N) is 1. The third-order valence-electron chi connectivity index (χ3n) is 1.89. The van der Waals surface area contributed by atoms with Crippen LogP contribution in [0.4, 0.5) is 13.2 Å². The first-order valence-electron chi connectivity index (χ1n) is 4.95. The van der Waals surface area contributed by atoms with Crippen LogP contribution >= 0.6 is 27.7 Å². The van der Waals surface area contributed by atoms with Crippen LogP contribution in [0.25, 0.3) is 0 Å². The molecule has 8 heteroatoms. The van der Waals surface area contributed by atoms with E-state index in [1.807, 2.05) is 0 Å². The molecule has 0 aliphatic heterocycles. The average Bonchev–Trinajstić information content (AvgIpc) is 2.30. The molecule has 0 unspecified atom stereocenters. The van der Waals surface area contributed by atoms with Crippen LogP contribution in [0.2, 0.25) is 0 Å².